The number of rotatable bonds is 6. The maximum atomic E-state index is 13.0. The van der Waals surface area contributed by atoms with Gasteiger partial charge in [-0.1, -0.05) is 6.92 Å². The highest BCUT2D eigenvalue weighted by Gasteiger charge is 2.27. The van der Waals surface area contributed by atoms with E-state index in [1.165, 1.54) is 12.6 Å². The molecule has 0 radical (unpaired) electrons. The van der Waals surface area contributed by atoms with Crippen molar-refractivity contribution in [3.63, 3.8) is 0 Å². The lowest BCUT2D eigenvalue weighted by Crippen LogP contribution is -2.43. The van der Waals surface area contributed by atoms with Crippen LogP contribution < -0.4 is 0 Å². The molecule has 6 nitrogen and oxygen atoms in total. The number of likely N-dealkylation sites (tertiary alicyclic amines) is 1. The van der Waals surface area contributed by atoms with E-state index in [9.17, 15) is 9.59 Å². The van der Waals surface area contributed by atoms with Gasteiger partial charge in [-0.25, -0.2) is 0 Å². The minimum absolute atomic E-state index is 0.0202. The van der Waals surface area contributed by atoms with Gasteiger partial charge in [0.25, 0.3) is 11.8 Å². The number of likely N-dealkylation sites (N-methyl/N-ethyl adjacent to an activating group) is 1. The van der Waals surface area contributed by atoms with Crippen molar-refractivity contribution in [1.29, 1.82) is 0 Å². The van der Waals surface area contributed by atoms with Crippen LogP contribution in [0.3, 0.4) is 0 Å². The first kappa shape index (κ1) is 20.0. The quantitative estimate of drug-likeness (QED) is 0.772. The van der Waals surface area contributed by atoms with Crippen LogP contribution in [0.2, 0.25) is 0 Å². The Bertz CT molecular complexity index is 809. The molecule has 0 saturated carbocycles. The summed E-state index contributed by atoms with van der Waals surface area (Å²) < 4.78 is 0. The van der Waals surface area contributed by atoms with Crippen LogP contribution in [0.4, 0.5) is 0 Å². The smallest absolute Gasteiger partial charge is 0.255 e. The second kappa shape index (κ2) is 9.44. The molecular weight excluding hydrogens is 352 g/mol. The molecule has 6 heteroatoms. The Morgan fingerprint density at radius 1 is 1.14 bits per heavy atom. The number of pyridine rings is 2. The summed E-state index contributed by atoms with van der Waals surface area (Å²) in [5, 5.41) is 0. The Morgan fingerprint density at radius 2 is 1.89 bits per heavy atom. The summed E-state index contributed by atoms with van der Waals surface area (Å²) >= 11 is 0. The number of nitrogens with zero attached hydrogens (tertiary/aromatic N) is 4. The fourth-order valence-corrected chi connectivity index (χ4v) is 3.70. The van der Waals surface area contributed by atoms with Crippen molar-refractivity contribution in [2.45, 2.75) is 45.1 Å². The second-order valence-electron chi connectivity index (χ2n) is 7.35. The average Bonchev–Trinajstić information content (AvgIpc) is 2.77. The molecule has 1 saturated heterocycles. The third kappa shape index (κ3) is 4.74. The Kier molecular flexibility index (Phi) is 6.74. The van der Waals surface area contributed by atoms with Crippen LogP contribution >= 0.6 is 0 Å². The topological polar surface area (TPSA) is 66.4 Å². The number of aromatic nitrogens is 2. The largest absolute Gasteiger partial charge is 0.341 e. The van der Waals surface area contributed by atoms with Gasteiger partial charge in [0, 0.05) is 51.0 Å². The van der Waals surface area contributed by atoms with Crippen LogP contribution in [-0.2, 0) is 6.42 Å². The van der Waals surface area contributed by atoms with Crippen molar-refractivity contribution in [2.75, 3.05) is 20.1 Å². The highest BCUT2D eigenvalue weighted by Crippen LogP contribution is 2.22. The zero-order valence-electron chi connectivity index (χ0n) is 16.7. The van der Waals surface area contributed by atoms with Gasteiger partial charge in [0.05, 0.1) is 11.1 Å². The highest BCUT2D eigenvalue weighted by molar-refractivity contribution is 5.99. The molecule has 2 aromatic rings. The molecule has 0 N–H and O–H groups in total. The number of hydrogen-bond donors (Lipinski definition) is 0. The fraction of sp³-hybridized carbons (Fsp3) is 0.455. The zero-order valence-corrected chi connectivity index (χ0v) is 16.7. The minimum Gasteiger partial charge on any atom is -0.341 e. The summed E-state index contributed by atoms with van der Waals surface area (Å²) in [6.45, 7) is 3.48. The Balaban J connectivity index is 1.67. The van der Waals surface area contributed by atoms with Gasteiger partial charge in [-0.2, -0.15) is 0 Å². The molecule has 1 unspecified atom stereocenters. The summed E-state index contributed by atoms with van der Waals surface area (Å²) in [6, 6.07) is 5.86. The SMILES string of the molecule is CCC1CCCCN1C(=O)c1cncc(C(=O)N(C)CCc2ccncc2)c1. The van der Waals surface area contributed by atoms with E-state index in [0.29, 0.717) is 17.7 Å². The molecule has 3 heterocycles. The monoisotopic (exact) mass is 380 g/mol. The predicted molar refractivity (Wildman–Crippen MR) is 108 cm³/mol. The molecule has 1 fully saturated rings. The normalized spacial score (nSPS) is 16.6. The van der Waals surface area contributed by atoms with E-state index in [-0.39, 0.29) is 17.9 Å². The molecule has 28 heavy (non-hydrogen) atoms. The zero-order chi connectivity index (χ0) is 19.9. The van der Waals surface area contributed by atoms with Crippen molar-refractivity contribution in [2.24, 2.45) is 0 Å². The average molecular weight is 380 g/mol. The molecule has 2 aromatic heterocycles. The second-order valence-corrected chi connectivity index (χ2v) is 7.35. The van der Waals surface area contributed by atoms with Gasteiger partial charge in [0.2, 0.25) is 0 Å². The molecule has 0 aromatic carbocycles. The van der Waals surface area contributed by atoms with Gasteiger partial charge in [-0.05, 0) is 55.9 Å². The van der Waals surface area contributed by atoms with Gasteiger partial charge in [-0.3, -0.25) is 19.6 Å². The maximum absolute atomic E-state index is 13.0. The molecular formula is C22H28N4O2. The van der Waals surface area contributed by atoms with Crippen LogP contribution in [0.5, 0.6) is 0 Å². The van der Waals surface area contributed by atoms with Gasteiger partial charge in [0.1, 0.15) is 0 Å². The molecule has 1 aliphatic heterocycles. The van der Waals surface area contributed by atoms with Gasteiger partial charge in [-0.15, -0.1) is 0 Å². The lowest BCUT2D eigenvalue weighted by Gasteiger charge is -2.35. The van der Waals surface area contributed by atoms with Crippen molar-refractivity contribution in [3.05, 3.63) is 59.7 Å². The Labute approximate surface area is 166 Å². The standard InChI is InChI=1S/C22H28N4O2/c1-3-20-6-4-5-12-26(20)22(28)19-14-18(15-24-16-19)21(27)25(2)13-9-17-7-10-23-11-8-17/h7-8,10-11,14-16,20H,3-6,9,12-13H2,1-2H3. The molecule has 1 atom stereocenters. The predicted octanol–water partition coefficient (Wildman–Crippen LogP) is 3.20. The number of piperidine rings is 1. The third-order valence-corrected chi connectivity index (χ3v) is 5.42. The summed E-state index contributed by atoms with van der Waals surface area (Å²) in [5.41, 5.74) is 2.08. The molecule has 148 valence electrons. The third-order valence-electron chi connectivity index (χ3n) is 5.42. The van der Waals surface area contributed by atoms with E-state index in [1.807, 2.05) is 17.0 Å². The van der Waals surface area contributed by atoms with Crippen molar-refractivity contribution in [3.8, 4) is 0 Å². The summed E-state index contributed by atoms with van der Waals surface area (Å²) in [6.07, 6.45) is 11.6. The first-order chi connectivity index (χ1) is 13.6. The van der Waals surface area contributed by atoms with Gasteiger partial charge in [0.15, 0.2) is 0 Å². The summed E-state index contributed by atoms with van der Waals surface area (Å²) in [7, 11) is 1.77. The Hall–Kier alpha value is -2.76. The Morgan fingerprint density at radius 3 is 2.64 bits per heavy atom. The van der Waals surface area contributed by atoms with Gasteiger partial charge < -0.3 is 9.80 Å². The van der Waals surface area contributed by atoms with Crippen molar-refractivity contribution < 1.29 is 9.59 Å². The molecule has 0 bridgehead atoms. The summed E-state index contributed by atoms with van der Waals surface area (Å²) in [5.74, 6) is -0.143. The van der Waals surface area contributed by atoms with Crippen molar-refractivity contribution in [1.82, 2.24) is 19.8 Å². The highest BCUT2D eigenvalue weighted by atomic mass is 16.2. The molecule has 0 aliphatic carbocycles. The molecule has 3 rings (SSSR count). The number of amides is 2. The number of carbonyl (C=O) groups is 2. The van der Waals surface area contributed by atoms with E-state index >= 15 is 0 Å². The fourth-order valence-electron chi connectivity index (χ4n) is 3.70. The van der Waals surface area contributed by atoms with E-state index in [4.69, 9.17) is 0 Å². The van der Waals surface area contributed by atoms with Crippen LogP contribution in [-0.4, -0.2) is 57.8 Å². The lowest BCUT2D eigenvalue weighted by molar-refractivity contribution is 0.0607. The first-order valence-corrected chi connectivity index (χ1v) is 10.0. The summed E-state index contributed by atoms with van der Waals surface area (Å²) in [4.78, 5) is 37.6. The van der Waals surface area contributed by atoms with Crippen LogP contribution in [0.1, 0.15) is 58.9 Å². The van der Waals surface area contributed by atoms with E-state index < -0.39 is 0 Å². The first-order valence-electron chi connectivity index (χ1n) is 10.0. The maximum Gasteiger partial charge on any atom is 0.255 e. The minimum atomic E-state index is -0.123. The van der Waals surface area contributed by atoms with Gasteiger partial charge >= 0.3 is 0 Å². The van der Waals surface area contributed by atoms with E-state index in [0.717, 1.165) is 37.8 Å². The molecule has 2 amide bonds. The van der Waals surface area contributed by atoms with E-state index in [1.54, 1.807) is 36.6 Å². The van der Waals surface area contributed by atoms with Crippen molar-refractivity contribution >= 4 is 11.8 Å². The molecule has 0 spiro atoms. The molecule has 1 aliphatic rings. The van der Waals surface area contributed by atoms with E-state index in [2.05, 4.69) is 16.9 Å². The number of hydrogen-bond acceptors (Lipinski definition) is 4. The number of carbonyl (C=O) groups excluding carboxylic acids is 2. The van der Waals surface area contributed by atoms with Crippen LogP contribution in [0.25, 0.3) is 0 Å². The van der Waals surface area contributed by atoms with Crippen LogP contribution in [0, 0.1) is 0 Å². The van der Waals surface area contributed by atoms with Crippen LogP contribution in [0.15, 0.2) is 43.0 Å². The lowest BCUT2D eigenvalue weighted by atomic mass is 9.99.